The molecule has 3 unspecified atom stereocenters. The average Bonchev–Trinajstić information content (AvgIpc) is 2.25. The van der Waals surface area contributed by atoms with Crippen LogP contribution in [0.1, 0.15) is 33.1 Å². The third-order valence-corrected chi connectivity index (χ3v) is 7.20. The fourth-order valence-corrected chi connectivity index (χ4v) is 4.71. The van der Waals surface area contributed by atoms with Crippen molar-refractivity contribution in [2.24, 2.45) is 0 Å². The Bertz CT molecular complexity index is 332. The number of aliphatic hydroxyl groups is 1. The first-order chi connectivity index (χ1) is 7.68. The molecule has 9 heteroatoms. The van der Waals surface area contributed by atoms with E-state index in [1.165, 1.54) is 6.92 Å². The largest absolute Gasteiger partial charge is 0.371 e. The molecule has 0 amide bonds. The first-order valence-corrected chi connectivity index (χ1v) is 8.42. The zero-order valence-electron chi connectivity index (χ0n) is 10.2. The van der Waals surface area contributed by atoms with Crippen LogP contribution < -0.4 is 0 Å². The van der Waals surface area contributed by atoms with Gasteiger partial charge < -0.3 is 23.9 Å². The van der Waals surface area contributed by atoms with E-state index in [4.69, 9.17) is 0 Å². The van der Waals surface area contributed by atoms with Crippen molar-refractivity contribution in [1.82, 2.24) is 0 Å². The number of hydrogen-bond donors (Lipinski definition) is 3. The van der Waals surface area contributed by atoms with E-state index < -0.39 is 20.3 Å². The van der Waals surface area contributed by atoms with Crippen LogP contribution in [0, 0.1) is 0 Å². The molecule has 0 aromatic heterocycles. The number of unbranched alkanes of at least 4 members (excludes halogenated alkanes) is 1. The predicted octanol–water partition coefficient (Wildman–Crippen LogP) is 1.88. The van der Waals surface area contributed by atoms with Crippen molar-refractivity contribution in [1.29, 1.82) is 0 Å². The molecule has 0 aliphatic rings. The van der Waals surface area contributed by atoms with Gasteiger partial charge in [0.15, 0.2) is 0 Å². The Morgan fingerprint density at radius 1 is 1.18 bits per heavy atom. The van der Waals surface area contributed by atoms with Crippen molar-refractivity contribution in [3.05, 3.63) is 0 Å². The molecule has 0 radical (unpaired) electrons. The summed E-state index contributed by atoms with van der Waals surface area (Å²) in [6.07, 6.45) is 0.527. The molecular formula is C8H20O7P2. The molecule has 3 N–H and O–H groups in total. The van der Waals surface area contributed by atoms with Crippen LogP contribution in [0.3, 0.4) is 0 Å². The normalized spacial score (nSPS) is 22.5. The highest BCUT2D eigenvalue weighted by atomic mass is 31.2. The summed E-state index contributed by atoms with van der Waals surface area (Å²) < 4.78 is 32.3. The van der Waals surface area contributed by atoms with Crippen LogP contribution >= 0.6 is 15.2 Å². The molecular weight excluding hydrogens is 270 g/mol. The van der Waals surface area contributed by atoms with Gasteiger partial charge in [0.25, 0.3) is 5.08 Å². The average molecular weight is 290 g/mol. The van der Waals surface area contributed by atoms with Crippen molar-refractivity contribution in [2.45, 2.75) is 38.2 Å². The van der Waals surface area contributed by atoms with Gasteiger partial charge in [-0.05, 0) is 19.8 Å². The minimum Gasteiger partial charge on any atom is -0.368 e. The molecule has 0 fully saturated rings. The van der Waals surface area contributed by atoms with Crippen LogP contribution in [-0.4, -0.2) is 33.7 Å². The maximum absolute atomic E-state index is 11.8. The fraction of sp³-hybridized carbons (Fsp3) is 1.00. The van der Waals surface area contributed by atoms with Gasteiger partial charge in [0.2, 0.25) is 0 Å². The molecule has 0 aliphatic heterocycles. The molecule has 7 nitrogen and oxygen atoms in total. The van der Waals surface area contributed by atoms with Crippen LogP contribution in [0.5, 0.6) is 0 Å². The van der Waals surface area contributed by atoms with E-state index in [0.717, 1.165) is 7.11 Å². The number of rotatable bonds is 8. The van der Waals surface area contributed by atoms with Gasteiger partial charge in [0.05, 0.1) is 6.61 Å². The summed E-state index contributed by atoms with van der Waals surface area (Å²) >= 11 is 0. The van der Waals surface area contributed by atoms with E-state index in [1.807, 2.05) is 0 Å². The SMILES string of the molecule is CCCCC(O)(P(=O)(O)OC)P(=O)(O)OCC. The highest BCUT2D eigenvalue weighted by Gasteiger charge is 2.61. The molecule has 17 heavy (non-hydrogen) atoms. The first-order valence-electron chi connectivity index (χ1n) is 5.27. The van der Waals surface area contributed by atoms with Crippen molar-refractivity contribution in [3.63, 3.8) is 0 Å². The molecule has 0 saturated carbocycles. The molecule has 0 rings (SSSR count). The smallest absolute Gasteiger partial charge is 0.368 e. The Morgan fingerprint density at radius 3 is 2.06 bits per heavy atom. The summed E-state index contributed by atoms with van der Waals surface area (Å²) in [5.74, 6) is 0. The van der Waals surface area contributed by atoms with Gasteiger partial charge in [-0.2, -0.15) is 0 Å². The number of hydrogen-bond acceptors (Lipinski definition) is 5. The maximum Gasteiger partial charge on any atom is 0.371 e. The topological polar surface area (TPSA) is 113 Å². The Morgan fingerprint density at radius 2 is 1.71 bits per heavy atom. The standard InChI is InChI=1S/C8H20O7P2/c1-4-6-7-8(9,16(10,11)14-3)17(12,13)15-5-2/h9H,4-7H2,1-3H3,(H,10,11)(H,12,13). The molecule has 0 saturated heterocycles. The quantitative estimate of drug-likeness (QED) is 0.585. The molecule has 0 spiro atoms. The second-order valence-electron chi connectivity index (χ2n) is 3.52. The van der Waals surface area contributed by atoms with E-state index in [2.05, 4.69) is 9.05 Å². The molecule has 0 bridgehead atoms. The summed E-state index contributed by atoms with van der Waals surface area (Å²) in [6.45, 7) is 3.06. The van der Waals surface area contributed by atoms with Gasteiger partial charge in [-0.25, -0.2) is 0 Å². The summed E-state index contributed by atoms with van der Waals surface area (Å²) in [5, 5.41) is 7.28. The van der Waals surface area contributed by atoms with Gasteiger partial charge >= 0.3 is 15.2 Å². The second-order valence-corrected chi connectivity index (χ2v) is 8.06. The highest BCUT2D eigenvalue weighted by molar-refractivity contribution is 7.72. The Hall–Kier alpha value is 0.260. The van der Waals surface area contributed by atoms with Crippen LogP contribution in [-0.2, 0) is 18.2 Å². The minimum atomic E-state index is -4.66. The van der Waals surface area contributed by atoms with Crippen LogP contribution in [0.4, 0.5) is 0 Å². The lowest BCUT2D eigenvalue weighted by Gasteiger charge is -2.33. The van der Waals surface area contributed by atoms with E-state index in [1.54, 1.807) is 6.92 Å². The first kappa shape index (κ1) is 17.3. The Labute approximate surface area is 101 Å². The molecule has 0 aromatic rings. The monoisotopic (exact) mass is 290 g/mol. The van der Waals surface area contributed by atoms with Gasteiger partial charge in [-0.3, -0.25) is 9.13 Å². The minimum absolute atomic E-state index is 0.161. The lowest BCUT2D eigenvalue weighted by Crippen LogP contribution is -2.30. The molecule has 0 aromatic carbocycles. The maximum atomic E-state index is 11.8. The molecule has 3 atom stereocenters. The predicted molar refractivity (Wildman–Crippen MR) is 62.8 cm³/mol. The zero-order chi connectivity index (χ0) is 13.7. The van der Waals surface area contributed by atoms with E-state index in [9.17, 15) is 24.0 Å². The van der Waals surface area contributed by atoms with Crippen molar-refractivity contribution in [3.8, 4) is 0 Å². The third kappa shape index (κ3) is 3.61. The van der Waals surface area contributed by atoms with Crippen LogP contribution in [0.2, 0.25) is 0 Å². The van der Waals surface area contributed by atoms with Gasteiger partial charge in [-0.1, -0.05) is 13.3 Å². The fourth-order valence-electron chi connectivity index (χ4n) is 1.28. The summed E-state index contributed by atoms with van der Waals surface area (Å²) in [4.78, 5) is 19.1. The Kier molecular flexibility index (Phi) is 6.53. The van der Waals surface area contributed by atoms with Crippen LogP contribution in [0.25, 0.3) is 0 Å². The molecule has 104 valence electrons. The van der Waals surface area contributed by atoms with Gasteiger partial charge in [0.1, 0.15) is 0 Å². The lowest BCUT2D eigenvalue weighted by atomic mass is 10.3. The second kappa shape index (κ2) is 6.43. The van der Waals surface area contributed by atoms with E-state index in [-0.39, 0.29) is 13.0 Å². The van der Waals surface area contributed by atoms with Crippen molar-refractivity contribution in [2.75, 3.05) is 13.7 Å². The van der Waals surface area contributed by atoms with Gasteiger partial charge in [0, 0.05) is 7.11 Å². The summed E-state index contributed by atoms with van der Waals surface area (Å²) in [7, 11) is -8.43. The molecule has 0 heterocycles. The highest BCUT2D eigenvalue weighted by Crippen LogP contribution is 2.73. The lowest BCUT2D eigenvalue weighted by molar-refractivity contribution is 0.103. The van der Waals surface area contributed by atoms with E-state index in [0.29, 0.717) is 12.8 Å². The van der Waals surface area contributed by atoms with Crippen molar-refractivity contribution >= 4 is 15.2 Å². The van der Waals surface area contributed by atoms with Crippen LogP contribution in [0.15, 0.2) is 0 Å². The summed E-state index contributed by atoms with van der Waals surface area (Å²) in [5.41, 5.74) is 0. The third-order valence-electron chi connectivity index (χ3n) is 2.32. The Balaban J connectivity index is 5.39. The zero-order valence-corrected chi connectivity index (χ0v) is 12.0. The molecule has 0 aliphatic carbocycles. The van der Waals surface area contributed by atoms with E-state index >= 15 is 0 Å². The summed E-state index contributed by atoms with van der Waals surface area (Å²) in [6, 6.07) is 0. The van der Waals surface area contributed by atoms with Gasteiger partial charge in [-0.15, -0.1) is 0 Å². The van der Waals surface area contributed by atoms with Crippen molar-refractivity contribution < 1.29 is 33.1 Å².